The van der Waals surface area contributed by atoms with Gasteiger partial charge in [0.05, 0.1) is 36.4 Å². The lowest BCUT2D eigenvalue weighted by Crippen LogP contribution is -2.07. The number of fused-ring (bicyclic) bond motifs is 2. The first kappa shape index (κ1) is 43.9. The zero-order valence-corrected chi connectivity index (χ0v) is 33.7. The van der Waals surface area contributed by atoms with Gasteiger partial charge in [-0.15, -0.1) is 0 Å². The Kier molecular flexibility index (Phi) is 17.2. The van der Waals surface area contributed by atoms with Gasteiger partial charge in [-0.2, -0.15) is 0 Å². The maximum Gasteiger partial charge on any atom is 0.356 e. The summed E-state index contributed by atoms with van der Waals surface area (Å²) in [7, 11) is 1.68. The number of nitrogens with zero attached hydrogens (tertiary/aromatic N) is 2. The minimum absolute atomic E-state index is 0.188. The molecule has 6 rings (SSSR count). The normalized spacial score (nSPS) is 10.7. The number of pyridine rings is 2. The Hall–Kier alpha value is -6.78. The molecular weight excluding hydrogens is 733 g/mol. The molecule has 0 radical (unpaired) electrons. The van der Waals surface area contributed by atoms with E-state index in [1.54, 1.807) is 40.0 Å². The Morgan fingerprint density at radius 2 is 1.05 bits per heavy atom. The van der Waals surface area contributed by atoms with Crippen molar-refractivity contribution in [2.45, 2.75) is 34.6 Å². The standard InChI is InChI=1S/C42H34N2O5.C3H6O2.C3H8O/c1-4-48-41(46)37-25-34(26-45)43-39-21-15-31(24-36(37)39)9-7-29-12-18-33(19-13-29)32-16-10-28(11-17-32)6-8-30-14-20-38-35(23-30)27(3)22-40(44-38)42(47)49-5-2;1-2-5-3-4;1-3-4-2/h6-26H,4-5H2,1-3H3;3H,2H2,1H3;3H2,1-2H3/b8-6+,9-7+;;. The van der Waals surface area contributed by atoms with E-state index < -0.39 is 11.9 Å². The fourth-order valence-electron chi connectivity index (χ4n) is 5.66. The van der Waals surface area contributed by atoms with Gasteiger partial charge in [0.2, 0.25) is 0 Å². The number of carbonyl (C=O) groups is 4. The second-order valence-corrected chi connectivity index (χ2v) is 12.6. The van der Waals surface area contributed by atoms with E-state index in [-0.39, 0.29) is 12.3 Å². The number of aryl methyl sites for hydroxylation is 1. The maximum absolute atomic E-state index is 12.6. The van der Waals surface area contributed by atoms with Crippen LogP contribution in [0.4, 0.5) is 0 Å². The van der Waals surface area contributed by atoms with Gasteiger partial charge in [-0.1, -0.05) is 85.0 Å². The second kappa shape index (κ2) is 22.7. The number of carbonyl (C=O) groups excluding carboxylic acids is 4. The lowest BCUT2D eigenvalue weighted by Gasteiger charge is -2.08. The summed E-state index contributed by atoms with van der Waals surface area (Å²) in [5, 5.41) is 1.63. The van der Waals surface area contributed by atoms with Crippen molar-refractivity contribution < 1.29 is 38.1 Å². The van der Waals surface area contributed by atoms with Crippen LogP contribution in [-0.4, -0.2) is 68.2 Å². The number of hydrogen-bond donors (Lipinski definition) is 0. The smallest absolute Gasteiger partial charge is 0.356 e. The molecule has 0 amide bonds. The van der Waals surface area contributed by atoms with E-state index in [4.69, 9.17) is 9.47 Å². The van der Waals surface area contributed by atoms with Crippen LogP contribution in [-0.2, 0) is 23.7 Å². The molecule has 0 unspecified atom stereocenters. The van der Waals surface area contributed by atoms with Crippen LogP contribution in [0.5, 0.6) is 0 Å². The second-order valence-electron chi connectivity index (χ2n) is 12.6. The largest absolute Gasteiger partial charge is 0.468 e. The molecule has 298 valence electrons. The Balaban J connectivity index is 0.000000748. The summed E-state index contributed by atoms with van der Waals surface area (Å²) in [6.07, 6.45) is 8.77. The molecule has 2 aromatic heterocycles. The highest BCUT2D eigenvalue weighted by Crippen LogP contribution is 2.25. The van der Waals surface area contributed by atoms with Crippen LogP contribution >= 0.6 is 0 Å². The first-order valence-electron chi connectivity index (χ1n) is 18.9. The van der Waals surface area contributed by atoms with Crippen LogP contribution in [0.2, 0.25) is 0 Å². The molecular formula is C48H48N2O8. The minimum Gasteiger partial charge on any atom is -0.468 e. The monoisotopic (exact) mass is 780 g/mol. The highest BCUT2D eigenvalue weighted by Gasteiger charge is 2.15. The van der Waals surface area contributed by atoms with Gasteiger partial charge in [0.25, 0.3) is 6.47 Å². The quantitative estimate of drug-likeness (QED) is 0.0483. The zero-order valence-electron chi connectivity index (χ0n) is 33.7. The summed E-state index contributed by atoms with van der Waals surface area (Å²) in [5.41, 5.74) is 9.39. The van der Waals surface area contributed by atoms with Gasteiger partial charge in [-0.05, 0) is 110 Å². The third-order valence-electron chi connectivity index (χ3n) is 8.61. The van der Waals surface area contributed by atoms with Gasteiger partial charge in [-0.25, -0.2) is 19.6 Å². The van der Waals surface area contributed by atoms with Crippen LogP contribution in [0.15, 0.2) is 97.1 Å². The minimum atomic E-state index is -0.482. The third kappa shape index (κ3) is 12.4. The van der Waals surface area contributed by atoms with Crippen LogP contribution in [0.3, 0.4) is 0 Å². The third-order valence-corrected chi connectivity index (χ3v) is 8.61. The molecule has 0 fully saturated rings. The van der Waals surface area contributed by atoms with Crippen molar-refractivity contribution in [1.82, 2.24) is 9.97 Å². The highest BCUT2D eigenvalue weighted by atomic mass is 16.5. The van der Waals surface area contributed by atoms with Crippen molar-refractivity contribution >= 4 is 70.8 Å². The zero-order chi connectivity index (χ0) is 41.9. The summed E-state index contributed by atoms with van der Waals surface area (Å²) < 4.78 is 19.0. The first-order valence-corrected chi connectivity index (χ1v) is 18.9. The molecule has 2 heterocycles. The van der Waals surface area contributed by atoms with Crippen molar-refractivity contribution in [2.24, 2.45) is 0 Å². The molecule has 0 aliphatic heterocycles. The Bertz CT molecular complexity index is 2380. The highest BCUT2D eigenvalue weighted by molar-refractivity contribution is 6.05. The van der Waals surface area contributed by atoms with E-state index >= 15 is 0 Å². The van der Waals surface area contributed by atoms with Gasteiger partial charge in [0.15, 0.2) is 6.29 Å². The molecule has 0 N–H and O–H groups in total. The number of rotatable bonds is 13. The van der Waals surface area contributed by atoms with Crippen molar-refractivity contribution in [2.75, 3.05) is 33.5 Å². The summed E-state index contributed by atoms with van der Waals surface area (Å²) >= 11 is 0. The van der Waals surface area contributed by atoms with Crippen molar-refractivity contribution in [3.63, 3.8) is 0 Å². The van der Waals surface area contributed by atoms with Crippen molar-refractivity contribution in [3.05, 3.63) is 142 Å². The van der Waals surface area contributed by atoms with Crippen LogP contribution in [0, 0.1) is 6.92 Å². The number of benzene rings is 4. The van der Waals surface area contributed by atoms with Gasteiger partial charge in [0.1, 0.15) is 11.4 Å². The van der Waals surface area contributed by atoms with E-state index in [2.05, 4.69) is 86.2 Å². The number of esters is 2. The van der Waals surface area contributed by atoms with E-state index in [0.717, 1.165) is 56.5 Å². The predicted molar refractivity (Wildman–Crippen MR) is 230 cm³/mol. The molecule has 0 bridgehead atoms. The average molecular weight is 781 g/mol. The molecule has 0 aliphatic rings. The molecule has 0 saturated carbocycles. The summed E-state index contributed by atoms with van der Waals surface area (Å²) in [5.74, 6) is -0.891. The Morgan fingerprint density at radius 3 is 1.52 bits per heavy atom. The number of ether oxygens (including phenoxy) is 4. The summed E-state index contributed by atoms with van der Waals surface area (Å²) in [4.78, 5) is 54.1. The van der Waals surface area contributed by atoms with Gasteiger partial charge in [-0.3, -0.25) is 9.59 Å². The molecule has 0 aliphatic carbocycles. The Labute approximate surface area is 339 Å². The number of hydrogen-bond acceptors (Lipinski definition) is 10. The summed E-state index contributed by atoms with van der Waals surface area (Å²) in [6, 6.07) is 31.5. The molecule has 6 aromatic rings. The van der Waals surface area contributed by atoms with Crippen molar-refractivity contribution in [1.29, 1.82) is 0 Å². The van der Waals surface area contributed by atoms with E-state index in [0.29, 0.717) is 48.1 Å². The molecule has 58 heavy (non-hydrogen) atoms. The maximum atomic E-state index is 12.6. The fraction of sp³-hybridized carbons (Fsp3) is 0.208. The summed E-state index contributed by atoms with van der Waals surface area (Å²) in [6.45, 7) is 11.5. The fourth-order valence-corrected chi connectivity index (χ4v) is 5.66. The van der Waals surface area contributed by atoms with E-state index in [1.165, 1.54) is 6.07 Å². The van der Waals surface area contributed by atoms with Gasteiger partial charge < -0.3 is 18.9 Å². The van der Waals surface area contributed by atoms with E-state index in [1.807, 2.05) is 50.3 Å². The SMILES string of the molecule is CCOC.CCOC(=O)c1cc(C)c2cc(/C=C/c3ccc(-c4ccc(/C=C/c5ccc6nc(C=O)cc(C(=O)OCC)c6c5)cc4)cc3)ccc2n1.CCOC=O. The number of aromatic nitrogens is 2. The molecule has 0 atom stereocenters. The molecule has 10 nitrogen and oxygen atoms in total. The average Bonchev–Trinajstić information content (AvgIpc) is 3.25. The predicted octanol–water partition coefficient (Wildman–Crippen LogP) is 10.1. The van der Waals surface area contributed by atoms with E-state index in [9.17, 15) is 19.2 Å². The van der Waals surface area contributed by atoms with Crippen LogP contribution in [0.1, 0.15) is 86.8 Å². The lowest BCUT2D eigenvalue weighted by molar-refractivity contribution is -0.128. The first-order chi connectivity index (χ1) is 28.2. The molecule has 4 aromatic carbocycles. The number of aldehydes is 1. The van der Waals surface area contributed by atoms with Crippen LogP contribution in [0.25, 0.3) is 57.2 Å². The Morgan fingerprint density at radius 1 is 0.569 bits per heavy atom. The van der Waals surface area contributed by atoms with Crippen molar-refractivity contribution in [3.8, 4) is 11.1 Å². The molecule has 0 spiro atoms. The number of methoxy groups -OCH3 is 1. The van der Waals surface area contributed by atoms with Gasteiger partial charge in [0, 0.05) is 24.5 Å². The molecule has 10 heteroatoms. The molecule has 0 saturated heterocycles. The van der Waals surface area contributed by atoms with Crippen LogP contribution < -0.4 is 0 Å². The topological polar surface area (TPSA) is 131 Å². The lowest BCUT2D eigenvalue weighted by atomic mass is 10.0. The van der Waals surface area contributed by atoms with Gasteiger partial charge >= 0.3 is 11.9 Å².